The Morgan fingerprint density at radius 1 is 0.963 bits per heavy atom. The highest BCUT2D eigenvalue weighted by Gasteiger charge is 2.23. The molecule has 0 spiro atoms. The largest absolute Gasteiger partial charge is 0.353 e. The van der Waals surface area contributed by atoms with E-state index in [-0.39, 0.29) is 10.9 Å². The van der Waals surface area contributed by atoms with Gasteiger partial charge in [-0.25, -0.2) is 9.97 Å². The Bertz CT molecular complexity index is 911. The minimum Gasteiger partial charge on any atom is -0.353 e. The zero-order valence-electron chi connectivity index (χ0n) is 14.7. The van der Waals surface area contributed by atoms with E-state index in [1.807, 2.05) is 5.48 Å². The molecule has 0 fully saturated rings. The molecular formula is C21H20N4OS. The topological polar surface area (TPSA) is 70.1 Å². The van der Waals surface area contributed by atoms with Crippen molar-refractivity contribution in [1.29, 1.82) is 0 Å². The van der Waals surface area contributed by atoms with Gasteiger partial charge in [0.15, 0.2) is 0 Å². The Labute approximate surface area is 163 Å². The molecule has 1 aliphatic carbocycles. The van der Waals surface area contributed by atoms with E-state index in [0.717, 1.165) is 12.8 Å². The number of thiocarbonyl (C=S) groups is 1. The molecule has 3 N–H and O–H groups in total. The van der Waals surface area contributed by atoms with Crippen molar-refractivity contribution >= 4 is 23.2 Å². The molecule has 0 saturated heterocycles. The van der Waals surface area contributed by atoms with Crippen LogP contribution in [0.2, 0.25) is 0 Å². The van der Waals surface area contributed by atoms with Crippen LogP contribution in [0, 0.1) is 0 Å². The van der Waals surface area contributed by atoms with Gasteiger partial charge in [0.2, 0.25) is 5.95 Å². The molecule has 0 radical (unpaired) electrons. The number of nitrogens with one attached hydrogen (secondary N) is 2. The Morgan fingerprint density at radius 3 is 2.07 bits per heavy atom. The molecule has 4 rings (SSSR count). The number of benzene rings is 2. The second kappa shape index (κ2) is 7.82. The highest BCUT2D eigenvalue weighted by atomic mass is 32.1. The fraction of sp³-hybridized carbons (Fsp3) is 0.190. The van der Waals surface area contributed by atoms with E-state index in [1.54, 1.807) is 12.4 Å². The molecule has 1 aliphatic rings. The number of fused-ring (bicyclic) bond motifs is 2. The molecule has 5 nitrogen and oxygen atoms in total. The molecule has 0 unspecified atom stereocenters. The predicted octanol–water partition coefficient (Wildman–Crippen LogP) is 3.47. The zero-order chi connectivity index (χ0) is 18.6. The molecular weight excluding hydrogens is 356 g/mol. The molecule has 0 aliphatic heterocycles. The third-order valence-corrected chi connectivity index (χ3v) is 5.33. The molecule has 6 heteroatoms. The first-order chi connectivity index (χ1) is 13.3. The van der Waals surface area contributed by atoms with E-state index >= 15 is 0 Å². The summed E-state index contributed by atoms with van der Waals surface area (Å²) in [6, 6.07) is 17.3. The van der Waals surface area contributed by atoms with Crippen LogP contribution in [-0.4, -0.2) is 26.7 Å². The van der Waals surface area contributed by atoms with Crippen molar-refractivity contribution in [3.05, 3.63) is 88.7 Å². The summed E-state index contributed by atoms with van der Waals surface area (Å²) in [7, 11) is 0. The number of rotatable bonds is 4. The minimum absolute atomic E-state index is 0.202. The highest BCUT2D eigenvalue weighted by Crippen LogP contribution is 2.34. The monoisotopic (exact) mass is 376 g/mol. The van der Waals surface area contributed by atoms with Crippen LogP contribution in [0.25, 0.3) is 0 Å². The number of hydroxylamine groups is 1. The average molecular weight is 376 g/mol. The van der Waals surface area contributed by atoms with Gasteiger partial charge in [-0.15, -0.1) is 0 Å². The first-order valence-electron chi connectivity index (χ1n) is 8.92. The van der Waals surface area contributed by atoms with Crippen molar-refractivity contribution in [2.24, 2.45) is 0 Å². The fourth-order valence-corrected chi connectivity index (χ4v) is 3.76. The van der Waals surface area contributed by atoms with Gasteiger partial charge in [-0.3, -0.25) is 10.7 Å². The quantitative estimate of drug-likeness (QED) is 0.478. The number of anilines is 1. The smallest absolute Gasteiger partial charge is 0.222 e. The van der Waals surface area contributed by atoms with Crippen molar-refractivity contribution in [2.45, 2.75) is 18.8 Å². The van der Waals surface area contributed by atoms with Crippen molar-refractivity contribution in [1.82, 2.24) is 15.4 Å². The van der Waals surface area contributed by atoms with E-state index in [2.05, 4.69) is 63.8 Å². The maximum Gasteiger partial charge on any atom is 0.222 e. The van der Waals surface area contributed by atoms with Crippen molar-refractivity contribution in [3.63, 3.8) is 0 Å². The van der Waals surface area contributed by atoms with Gasteiger partial charge in [0.25, 0.3) is 0 Å². The Hall–Kier alpha value is -2.83. The third kappa shape index (κ3) is 3.67. The van der Waals surface area contributed by atoms with Crippen LogP contribution >= 0.6 is 12.2 Å². The number of aromatic nitrogens is 2. The number of hydrogen-bond acceptors (Lipinski definition) is 5. The summed E-state index contributed by atoms with van der Waals surface area (Å²) >= 11 is 4.97. The second-order valence-corrected chi connectivity index (χ2v) is 6.98. The van der Waals surface area contributed by atoms with Gasteiger partial charge in [-0.05, 0) is 35.1 Å². The van der Waals surface area contributed by atoms with Gasteiger partial charge in [-0.1, -0.05) is 60.7 Å². The molecule has 0 amide bonds. The van der Waals surface area contributed by atoms with Crippen LogP contribution in [0.5, 0.6) is 0 Å². The van der Waals surface area contributed by atoms with E-state index in [9.17, 15) is 0 Å². The van der Waals surface area contributed by atoms with Crippen LogP contribution in [-0.2, 0) is 12.8 Å². The molecule has 136 valence electrons. The first-order valence-corrected chi connectivity index (χ1v) is 9.33. The SMILES string of the molecule is ONC(=S)c1cnc(NCC2c3ccccc3CCc3ccccc32)nc1. The number of hydrogen-bond donors (Lipinski definition) is 3. The summed E-state index contributed by atoms with van der Waals surface area (Å²) < 4.78 is 0. The minimum atomic E-state index is 0.202. The van der Waals surface area contributed by atoms with E-state index in [0.29, 0.717) is 18.1 Å². The normalized spacial score (nSPS) is 13.2. The Morgan fingerprint density at radius 2 is 1.52 bits per heavy atom. The lowest BCUT2D eigenvalue weighted by Crippen LogP contribution is -2.19. The van der Waals surface area contributed by atoms with Crippen LogP contribution < -0.4 is 10.8 Å². The lowest BCUT2D eigenvalue weighted by Gasteiger charge is -2.21. The maximum absolute atomic E-state index is 8.88. The average Bonchev–Trinajstić information content (AvgIpc) is 2.89. The molecule has 2 aromatic carbocycles. The van der Waals surface area contributed by atoms with Gasteiger partial charge in [0, 0.05) is 30.4 Å². The second-order valence-electron chi connectivity index (χ2n) is 6.57. The molecule has 27 heavy (non-hydrogen) atoms. The van der Waals surface area contributed by atoms with Gasteiger partial charge in [-0.2, -0.15) is 0 Å². The zero-order valence-corrected chi connectivity index (χ0v) is 15.5. The van der Waals surface area contributed by atoms with E-state index < -0.39 is 0 Å². The van der Waals surface area contributed by atoms with Crippen molar-refractivity contribution < 1.29 is 5.21 Å². The van der Waals surface area contributed by atoms with Crippen LogP contribution in [0.15, 0.2) is 60.9 Å². The molecule has 1 heterocycles. The van der Waals surface area contributed by atoms with Crippen molar-refractivity contribution in [2.75, 3.05) is 11.9 Å². The maximum atomic E-state index is 8.88. The molecule has 0 bridgehead atoms. The molecule has 0 atom stereocenters. The molecule has 0 saturated carbocycles. The van der Waals surface area contributed by atoms with Crippen LogP contribution in [0.3, 0.4) is 0 Å². The molecule has 3 aromatic rings. The van der Waals surface area contributed by atoms with Gasteiger partial charge >= 0.3 is 0 Å². The van der Waals surface area contributed by atoms with Gasteiger partial charge < -0.3 is 5.32 Å². The van der Waals surface area contributed by atoms with Crippen LogP contribution in [0.4, 0.5) is 5.95 Å². The first kappa shape index (κ1) is 17.6. The van der Waals surface area contributed by atoms with Crippen molar-refractivity contribution in [3.8, 4) is 0 Å². The summed E-state index contributed by atoms with van der Waals surface area (Å²) in [5.74, 6) is 0.780. The van der Waals surface area contributed by atoms with Crippen LogP contribution in [0.1, 0.15) is 33.7 Å². The Balaban J connectivity index is 1.60. The highest BCUT2D eigenvalue weighted by molar-refractivity contribution is 7.80. The number of aryl methyl sites for hydroxylation is 2. The lowest BCUT2D eigenvalue weighted by molar-refractivity contribution is 0.238. The summed E-state index contributed by atoms with van der Waals surface area (Å²) in [5, 5.41) is 12.2. The number of nitrogens with zero attached hydrogens (tertiary/aromatic N) is 2. The fourth-order valence-electron chi connectivity index (χ4n) is 3.65. The molecule has 1 aromatic heterocycles. The predicted molar refractivity (Wildman–Crippen MR) is 109 cm³/mol. The summed E-state index contributed by atoms with van der Waals surface area (Å²) in [6.45, 7) is 0.704. The standard InChI is InChI=1S/C21H20N4OS/c26-25-20(27)16-11-22-21(23-12-16)24-13-19-17-7-3-1-5-14(17)9-10-15-6-2-4-8-18(15)19/h1-8,11-12,19,26H,9-10,13H2,(H,25,27)(H,22,23,24). The summed E-state index contributed by atoms with van der Waals surface area (Å²) in [5.41, 5.74) is 8.03. The summed E-state index contributed by atoms with van der Waals surface area (Å²) in [4.78, 5) is 8.82. The lowest BCUT2D eigenvalue weighted by atomic mass is 9.88. The third-order valence-electron chi connectivity index (χ3n) is 5.00. The van der Waals surface area contributed by atoms with E-state index in [4.69, 9.17) is 17.4 Å². The van der Waals surface area contributed by atoms with Gasteiger partial charge in [0.1, 0.15) is 4.99 Å². The Kier molecular flexibility index (Phi) is 5.09. The van der Waals surface area contributed by atoms with E-state index in [1.165, 1.54) is 22.3 Å². The van der Waals surface area contributed by atoms with Gasteiger partial charge in [0.05, 0.1) is 0 Å². The summed E-state index contributed by atoms with van der Waals surface area (Å²) in [6.07, 6.45) is 5.30.